The van der Waals surface area contributed by atoms with Crippen molar-refractivity contribution in [1.29, 1.82) is 0 Å². The zero-order chi connectivity index (χ0) is 12.0. The molecule has 0 saturated heterocycles. The minimum absolute atomic E-state index is 0.701. The Morgan fingerprint density at radius 2 is 2.12 bits per heavy atom. The number of anilines is 1. The van der Waals surface area contributed by atoms with Gasteiger partial charge in [0, 0.05) is 31.9 Å². The Morgan fingerprint density at radius 1 is 1.38 bits per heavy atom. The molecule has 0 aliphatic heterocycles. The zero-order valence-corrected chi connectivity index (χ0v) is 10.7. The van der Waals surface area contributed by atoms with Crippen molar-refractivity contribution >= 4 is 5.82 Å². The topological polar surface area (TPSA) is 41.0 Å². The van der Waals surface area contributed by atoms with E-state index < -0.39 is 0 Å². The summed E-state index contributed by atoms with van der Waals surface area (Å²) in [4.78, 5) is 10.5. The van der Waals surface area contributed by atoms with Crippen LogP contribution in [-0.4, -0.2) is 36.6 Å². The van der Waals surface area contributed by atoms with Gasteiger partial charge in [-0.05, 0) is 19.4 Å². The summed E-state index contributed by atoms with van der Waals surface area (Å²) in [6.07, 6.45) is 1.61. The summed E-state index contributed by atoms with van der Waals surface area (Å²) < 4.78 is 0. The molecule has 0 atom stereocenters. The standard InChI is InChI=1S/C12H22N4/c1-10(2)8-13-5-6-16(4)12-7-11(3)14-9-15-12/h7,9-10,13H,5-6,8H2,1-4H3. The molecule has 1 aromatic rings. The van der Waals surface area contributed by atoms with Gasteiger partial charge in [-0.1, -0.05) is 13.8 Å². The maximum absolute atomic E-state index is 4.24. The second kappa shape index (κ2) is 6.43. The van der Waals surface area contributed by atoms with E-state index in [0.717, 1.165) is 31.1 Å². The fraction of sp³-hybridized carbons (Fsp3) is 0.667. The van der Waals surface area contributed by atoms with Crippen molar-refractivity contribution in [2.45, 2.75) is 20.8 Å². The Labute approximate surface area is 98.1 Å². The summed E-state index contributed by atoms with van der Waals surface area (Å²) in [6, 6.07) is 2.00. The van der Waals surface area contributed by atoms with Crippen LogP contribution in [0.5, 0.6) is 0 Å². The van der Waals surface area contributed by atoms with Crippen molar-refractivity contribution in [3.05, 3.63) is 18.1 Å². The van der Waals surface area contributed by atoms with Gasteiger partial charge in [-0.2, -0.15) is 0 Å². The van der Waals surface area contributed by atoms with Crippen LogP contribution in [0.2, 0.25) is 0 Å². The minimum Gasteiger partial charge on any atom is -0.358 e. The van der Waals surface area contributed by atoms with Crippen LogP contribution in [-0.2, 0) is 0 Å². The largest absolute Gasteiger partial charge is 0.358 e. The number of aromatic nitrogens is 2. The predicted molar refractivity (Wildman–Crippen MR) is 67.7 cm³/mol. The van der Waals surface area contributed by atoms with Crippen LogP contribution in [0.15, 0.2) is 12.4 Å². The highest BCUT2D eigenvalue weighted by Gasteiger charge is 2.02. The molecule has 90 valence electrons. The van der Waals surface area contributed by atoms with Crippen LogP contribution >= 0.6 is 0 Å². The van der Waals surface area contributed by atoms with Crippen LogP contribution in [0.25, 0.3) is 0 Å². The SMILES string of the molecule is Cc1cc(N(C)CCNCC(C)C)ncn1. The summed E-state index contributed by atoms with van der Waals surface area (Å²) >= 11 is 0. The fourth-order valence-electron chi connectivity index (χ4n) is 1.40. The van der Waals surface area contributed by atoms with Gasteiger partial charge in [-0.25, -0.2) is 9.97 Å². The summed E-state index contributed by atoms with van der Waals surface area (Å²) in [7, 11) is 2.05. The third-order valence-corrected chi connectivity index (χ3v) is 2.36. The molecular formula is C12H22N4. The molecule has 1 rings (SSSR count). The third-order valence-electron chi connectivity index (χ3n) is 2.36. The van der Waals surface area contributed by atoms with Crippen LogP contribution < -0.4 is 10.2 Å². The number of likely N-dealkylation sites (N-methyl/N-ethyl adjacent to an activating group) is 1. The number of rotatable bonds is 6. The van der Waals surface area contributed by atoms with E-state index in [1.54, 1.807) is 6.33 Å². The average molecular weight is 222 g/mol. The van der Waals surface area contributed by atoms with E-state index in [1.165, 1.54) is 0 Å². The van der Waals surface area contributed by atoms with Crippen LogP contribution in [0.1, 0.15) is 19.5 Å². The molecule has 1 N–H and O–H groups in total. The predicted octanol–water partition coefficient (Wildman–Crippen LogP) is 1.47. The number of hydrogen-bond acceptors (Lipinski definition) is 4. The molecule has 0 amide bonds. The molecule has 16 heavy (non-hydrogen) atoms. The van der Waals surface area contributed by atoms with Crippen molar-refractivity contribution in [3.8, 4) is 0 Å². The van der Waals surface area contributed by atoms with E-state index in [4.69, 9.17) is 0 Å². The Hall–Kier alpha value is -1.16. The second-order valence-electron chi connectivity index (χ2n) is 4.54. The Morgan fingerprint density at radius 3 is 2.75 bits per heavy atom. The lowest BCUT2D eigenvalue weighted by Gasteiger charge is -2.18. The fourth-order valence-corrected chi connectivity index (χ4v) is 1.40. The quantitative estimate of drug-likeness (QED) is 0.740. The molecule has 0 fully saturated rings. The first-order valence-electron chi connectivity index (χ1n) is 5.80. The van der Waals surface area contributed by atoms with Gasteiger partial charge in [-0.3, -0.25) is 0 Å². The normalized spacial score (nSPS) is 10.8. The number of nitrogens with zero attached hydrogens (tertiary/aromatic N) is 3. The number of nitrogens with one attached hydrogen (secondary N) is 1. The molecule has 0 aromatic carbocycles. The van der Waals surface area contributed by atoms with E-state index in [9.17, 15) is 0 Å². The lowest BCUT2D eigenvalue weighted by Crippen LogP contribution is -2.31. The highest BCUT2D eigenvalue weighted by molar-refractivity contribution is 5.37. The van der Waals surface area contributed by atoms with Crippen LogP contribution in [0.4, 0.5) is 5.82 Å². The molecular weight excluding hydrogens is 200 g/mol. The van der Waals surface area contributed by atoms with Crippen molar-refractivity contribution in [1.82, 2.24) is 15.3 Å². The Kier molecular flexibility index (Phi) is 5.19. The highest BCUT2D eigenvalue weighted by atomic mass is 15.2. The van der Waals surface area contributed by atoms with Gasteiger partial charge < -0.3 is 10.2 Å². The first-order valence-corrected chi connectivity index (χ1v) is 5.80. The molecule has 0 unspecified atom stereocenters. The van der Waals surface area contributed by atoms with Gasteiger partial charge >= 0.3 is 0 Å². The van der Waals surface area contributed by atoms with Gasteiger partial charge in [0.15, 0.2) is 0 Å². The van der Waals surface area contributed by atoms with Gasteiger partial charge in [0.05, 0.1) is 0 Å². The number of hydrogen-bond donors (Lipinski definition) is 1. The Bertz CT molecular complexity index is 312. The lowest BCUT2D eigenvalue weighted by molar-refractivity contribution is 0.554. The first kappa shape index (κ1) is 12.9. The summed E-state index contributed by atoms with van der Waals surface area (Å²) in [6.45, 7) is 9.42. The molecule has 0 saturated carbocycles. The lowest BCUT2D eigenvalue weighted by atomic mass is 10.2. The Balaban J connectivity index is 2.32. The van der Waals surface area contributed by atoms with Gasteiger partial charge in [0.25, 0.3) is 0 Å². The molecule has 0 aliphatic rings. The van der Waals surface area contributed by atoms with Crippen molar-refractivity contribution < 1.29 is 0 Å². The van der Waals surface area contributed by atoms with E-state index in [-0.39, 0.29) is 0 Å². The number of aryl methyl sites for hydroxylation is 1. The molecule has 0 radical (unpaired) electrons. The molecule has 0 spiro atoms. The maximum atomic E-state index is 4.24. The van der Waals surface area contributed by atoms with E-state index >= 15 is 0 Å². The molecule has 4 nitrogen and oxygen atoms in total. The second-order valence-corrected chi connectivity index (χ2v) is 4.54. The molecule has 0 bridgehead atoms. The van der Waals surface area contributed by atoms with Crippen molar-refractivity contribution in [2.24, 2.45) is 5.92 Å². The zero-order valence-electron chi connectivity index (χ0n) is 10.7. The molecule has 4 heteroatoms. The summed E-state index contributed by atoms with van der Waals surface area (Å²) in [5, 5.41) is 3.42. The maximum Gasteiger partial charge on any atom is 0.131 e. The van der Waals surface area contributed by atoms with Gasteiger partial charge in [-0.15, -0.1) is 0 Å². The van der Waals surface area contributed by atoms with Crippen LogP contribution in [0.3, 0.4) is 0 Å². The van der Waals surface area contributed by atoms with E-state index in [0.29, 0.717) is 5.92 Å². The first-order chi connectivity index (χ1) is 7.59. The smallest absolute Gasteiger partial charge is 0.131 e. The van der Waals surface area contributed by atoms with Crippen LogP contribution in [0, 0.1) is 12.8 Å². The van der Waals surface area contributed by atoms with Gasteiger partial charge in [0.1, 0.15) is 12.1 Å². The third kappa shape index (κ3) is 4.57. The van der Waals surface area contributed by atoms with Gasteiger partial charge in [0.2, 0.25) is 0 Å². The molecule has 0 aliphatic carbocycles. The minimum atomic E-state index is 0.701. The highest BCUT2D eigenvalue weighted by Crippen LogP contribution is 2.07. The summed E-state index contributed by atoms with van der Waals surface area (Å²) in [5.74, 6) is 1.69. The average Bonchev–Trinajstić information content (AvgIpc) is 2.24. The monoisotopic (exact) mass is 222 g/mol. The summed E-state index contributed by atoms with van der Waals surface area (Å²) in [5.41, 5.74) is 1.01. The van der Waals surface area contributed by atoms with E-state index in [2.05, 4.69) is 41.1 Å². The van der Waals surface area contributed by atoms with E-state index in [1.807, 2.05) is 13.0 Å². The van der Waals surface area contributed by atoms with Crippen molar-refractivity contribution in [2.75, 3.05) is 31.6 Å². The molecule has 1 heterocycles. The van der Waals surface area contributed by atoms with Crippen molar-refractivity contribution in [3.63, 3.8) is 0 Å². The molecule has 1 aromatic heterocycles.